The first kappa shape index (κ1) is 15.0. The second-order valence-electron chi connectivity index (χ2n) is 4.26. The van der Waals surface area contributed by atoms with Crippen molar-refractivity contribution in [3.05, 3.63) is 23.8 Å². The molecule has 2 amide bonds. The zero-order valence-electron chi connectivity index (χ0n) is 11.6. The van der Waals surface area contributed by atoms with Gasteiger partial charge in [-0.15, -0.1) is 0 Å². The van der Waals surface area contributed by atoms with Gasteiger partial charge in [0.1, 0.15) is 5.75 Å². The molecule has 0 spiro atoms. The summed E-state index contributed by atoms with van der Waals surface area (Å²) in [5, 5.41) is 5.32. The highest BCUT2D eigenvalue weighted by atomic mass is 16.5. The van der Waals surface area contributed by atoms with E-state index in [0.717, 1.165) is 12.0 Å². The number of carbonyl (C=O) groups is 2. The molecule has 2 N–H and O–H groups in total. The summed E-state index contributed by atoms with van der Waals surface area (Å²) in [5.41, 5.74) is 1.63. The van der Waals surface area contributed by atoms with Crippen LogP contribution in [0.4, 0.5) is 5.69 Å². The normalized spacial score (nSPS) is 9.84. The number of ether oxygens (including phenoxy) is 1. The van der Waals surface area contributed by atoms with Crippen molar-refractivity contribution in [3.63, 3.8) is 0 Å². The maximum atomic E-state index is 11.7. The fourth-order valence-corrected chi connectivity index (χ4v) is 1.55. The molecule has 104 valence electrons. The fraction of sp³-hybridized carbons (Fsp3) is 0.429. The van der Waals surface area contributed by atoms with Gasteiger partial charge in [0.25, 0.3) is 0 Å². The summed E-state index contributed by atoms with van der Waals surface area (Å²) in [7, 11) is 1.57. The zero-order chi connectivity index (χ0) is 14.3. The molecule has 0 heterocycles. The summed E-state index contributed by atoms with van der Waals surface area (Å²) in [5.74, 6) is 0.316. The van der Waals surface area contributed by atoms with Crippen molar-refractivity contribution in [2.24, 2.45) is 0 Å². The van der Waals surface area contributed by atoms with Crippen molar-refractivity contribution in [1.82, 2.24) is 5.32 Å². The number of aryl methyl sites for hydroxylation is 1. The third-order valence-electron chi connectivity index (χ3n) is 2.64. The lowest BCUT2D eigenvalue weighted by molar-refractivity contribution is -0.124. The van der Waals surface area contributed by atoms with Crippen LogP contribution in [0.1, 0.15) is 25.3 Å². The largest absolute Gasteiger partial charge is 0.497 e. The van der Waals surface area contributed by atoms with Gasteiger partial charge in [-0.3, -0.25) is 9.59 Å². The molecule has 0 radical (unpaired) electrons. The van der Waals surface area contributed by atoms with Crippen LogP contribution >= 0.6 is 0 Å². The topological polar surface area (TPSA) is 67.4 Å². The van der Waals surface area contributed by atoms with E-state index in [0.29, 0.717) is 17.9 Å². The second-order valence-corrected chi connectivity index (χ2v) is 4.26. The molecule has 5 heteroatoms. The summed E-state index contributed by atoms with van der Waals surface area (Å²) >= 11 is 0. The van der Waals surface area contributed by atoms with Gasteiger partial charge in [-0.05, 0) is 25.0 Å². The van der Waals surface area contributed by atoms with E-state index in [2.05, 4.69) is 10.6 Å². The van der Waals surface area contributed by atoms with E-state index in [1.165, 1.54) is 0 Å². The van der Waals surface area contributed by atoms with E-state index < -0.39 is 0 Å². The molecular formula is C14H20N2O3. The van der Waals surface area contributed by atoms with Crippen LogP contribution in [0.2, 0.25) is 0 Å². The standard InChI is InChI=1S/C14H20N2O3/c1-4-5-13(17)15-9-14(18)16-12-8-11(19-3)7-6-10(12)2/h6-8H,4-5,9H2,1-3H3,(H,15,17)(H,16,18). The molecule has 0 fully saturated rings. The number of anilines is 1. The van der Waals surface area contributed by atoms with Gasteiger partial charge in [0, 0.05) is 18.2 Å². The van der Waals surface area contributed by atoms with E-state index in [9.17, 15) is 9.59 Å². The molecule has 0 saturated carbocycles. The van der Waals surface area contributed by atoms with E-state index in [4.69, 9.17) is 4.74 Å². The van der Waals surface area contributed by atoms with E-state index in [1.807, 2.05) is 26.0 Å². The van der Waals surface area contributed by atoms with Gasteiger partial charge in [-0.2, -0.15) is 0 Å². The first-order chi connectivity index (χ1) is 9.06. The SMILES string of the molecule is CCCC(=O)NCC(=O)Nc1cc(OC)ccc1C. The predicted octanol–water partition coefficient (Wildman–Crippen LogP) is 1.86. The molecule has 1 rings (SSSR count). The molecule has 1 aromatic rings. The molecule has 0 bridgehead atoms. The maximum Gasteiger partial charge on any atom is 0.243 e. The Morgan fingerprint density at radius 2 is 2.00 bits per heavy atom. The minimum absolute atomic E-state index is 0.0184. The summed E-state index contributed by atoms with van der Waals surface area (Å²) < 4.78 is 5.10. The number of rotatable bonds is 6. The first-order valence-electron chi connectivity index (χ1n) is 6.28. The number of methoxy groups -OCH3 is 1. The Bertz CT molecular complexity index is 458. The Hall–Kier alpha value is -2.04. The molecule has 0 saturated heterocycles. The highest BCUT2D eigenvalue weighted by molar-refractivity contribution is 5.95. The minimum Gasteiger partial charge on any atom is -0.497 e. The van der Waals surface area contributed by atoms with Gasteiger partial charge in [-0.25, -0.2) is 0 Å². The van der Waals surface area contributed by atoms with Crippen molar-refractivity contribution in [2.75, 3.05) is 19.0 Å². The van der Waals surface area contributed by atoms with Gasteiger partial charge in [0.05, 0.1) is 13.7 Å². The number of amides is 2. The lowest BCUT2D eigenvalue weighted by atomic mass is 10.2. The summed E-state index contributed by atoms with van der Waals surface area (Å²) in [4.78, 5) is 23.0. The Morgan fingerprint density at radius 3 is 2.63 bits per heavy atom. The fourth-order valence-electron chi connectivity index (χ4n) is 1.55. The summed E-state index contributed by atoms with van der Waals surface area (Å²) in [6, 6.07) is 5.44. The average molecular weight is 264 g/mol. The van der Waals surface area contributed by atoms with Gasteiger partial charge < -0.3 is 15.4 Å². The average Bonchev–Trinajstić information content (AvgIpc) is 2.39. The third-order valence-corrected chi connectivity index (χ3v) is 2.64. The molecule has 1 aromatic carbocycles. The number of carbonyl (C=O) groups excluding carboxylic acids is 2. The van der Waals surface area contributed by atoms with Crippen molar-refractivity contribution in [3.8, 4) is 5.75 Å². The van der Waals surface area contributed by atoms with Crippen LogP contribution in [-0.2, 0) is 9.59 Å². The van der Waals surface area contributed by atoms with Crippen LogP contribution in [0.15, 0.2) is 18.2 Å². The van der Waals surface area contributed by atoms with Crippen LogP contribution < -0.4 is 15.4 Å². The summed E-state index contributed by atoms with van der Waals surface area (Å²) in [6.45, 7) is 3.79. The van der Waals surface area contributed by atoms with Crippen LogP contribution in [0.25, 0.3) is 0 Å². The number of hydrogen-bond donors (Lipinski definition) is 2. The lowest BCUT2D eigenvalue weighted by Gasteiger charge is -2.10. The Labute approximate surface area is 113 Å². The van der Waals surface area contributed by atoms with Crippen molar-refractivity contribution in [1.29, 1.82) is 0 Å². The first-order valence-corrected chi connectivity index (χ1v) is 6.28. The third kappa shape index (κ3) is 4.99. The molecule has 0 aliphatic rings. The van der Waals surface area contributed by atoms with Gasteiger partial charge in [0.15, 0.2) is 0 Å². The van der Waals surface area contributed by atoms with Gasteiger partial charge in [-0.1, -0.05) is 13.0 Å². The molecule has 0 unspecified atom stereocenters. The molecule has 0 aliphatic heterocycles. The smallest absolute Gasteiger partial charge is 0.243 e. The number of benzene rings is 1. The van der Waals surface area contributed by atoms with Crippen LogP contribution in [-0.4, -0.2) is 25.5 Å². The van der Waals surface area contributed by atoms with Crippen LogP contribution in [0.5, 0.6) is 5.75 Å². The Balaban J connectivity index is 2.54. The van der Waals surface area contributed by atoms with Crippen molar-refractivity contribution >= 4 is 17.5 Å². The Kier molecular flexibility index (Phi) is 5.85. The molecular weight excluding hydrogens is 244 g/mol. The Morgan fingerprint density at radius 1 is 1.26 bits per heavy atom. The summed E-state index contributed by atoms with van der Waals surface area (Å²) in [6.07, 6.45) is 1.20. The molecule has 19 heavy (non-hydrogen) atoms. The minimum atomic E-state index is -0.249. The van der Waals surface area contributed by atoms with E-state index in [1.54, 1.807) is 13.2 Å². The van der Waals surface area contributed by atoms with E-state index >= 15 is 0 Å². The predicted molar refractivity (Wildman–Crippen MR) is 74.3 cm³/mol. The van der Waals surface area contributed by atoms with Crippen molar-refractivity contribution in [2.45, 2.75) is 26.7 Å². The van der Waals surface area contributed by atoms with Gasteiger partial charge in [0.2, 0.25) is 11.8 Å². The highest BCUT2D eigenvalue weighted by Gasteiger charge is 2.07. The van der Waals surface area contributed by atoms with Gasteiger partial charge >= 0.3 is 0 Å². The molecule has 0 aliphatic carbocycles. The van der Waals surface area contributed by atoms with Crippen molar-refractivity contribution < 1.29 is 14.3 Å². The lowest BCUT2D eigenvalue weighted by Crippen LogP contribution is -2.32. The maximum absolute atomic E-state index is 11.7. The monoisotopic (exact) mass is 264 g/mol. The molecule has 5 nitrogen and oxygen atoms in total. The number of hydrogen-bond acceptors (Lipinski definition) is 3. The molecule has 0 aromatic heterocycles. The zero-order valence-corrected chi connectivity index (χ0v) is 11.6. The quantitative estimate of drug-likeness (QED) is 0.824. The second kappa shape index (κ2) is 7.41. The highest BCUT2D eigenvalue weighted by Crippen LogP contribution is 2.21. The molecule has 0 atom stereocenters. The van der Waals surface area contributed by atoms with E-state index in [-0.39, 0.29) is 18.4 Å². The van der Waals surface area contributed by atoms with Crippen LogP contribution in [0, 0.1) is 6.92 Å². The van der Waals surface area contributed by atoms with Crippen LogP contribution in [0.3, 0.4) is 0 Å². The number of nitrogens with one attached hydrogen (secondary N) is 2.